The molecule has 1 aliphatic rings. The average molecular weight is 429 g/mol. The second kappa shape index (κ2) is 7.96. The normalized spacial score (nSPS) is 14.3. The summed E-state index contributed by atoms with van der Waals surface area (Å²) in [6, 6.07) is 14.7. The van der Waals surface area contributed by atoms with Crippen molar-refractivity contribution in [3.63, 3.8) is 0 Å². The SMILES string of the molecule is COc1ccccc1C1=C(Nc2cccc(Br)c2)C(=O)N(CC(C)C)C1=O. The third kappa shape index (κ3) is 3.90. The minimum atomic E-state index is -0.324. The number of hydrogen-bond donors (Lipinski definition) is 1. The van der Waals surface area contributed by atoms with E-state index in [1.54, 1.807) is 19.2 Å². The number of halogens is 1. The number of carbonyl (C=O) groups is 2. The number of hydrogen-bond acceptors (Lipinski definition) is 4. The van der Waals surface area contributed by atoms with Crippen LogP contribution < -0.4 is 10.1 Å². The third-order valence-corrected chi connectivity index (χ3v) is 4.68. The molecule has 5 nitrogen and oxygen atoms in total. The van der Waals surface area contributed by atoms with E-state index < -0.39 is 0 Å². The Morgan fingerprint density at radius 3 is 2.48 bits per heavy atom. The van der Waals surface area contributed by atoms with Crippen LogP contribution in [0.5, 0.6) is 5.75 Å². The van der Waals surface area contributed by atoms with Gasteiger partial charge in [0.1, 0.15) is 11.4 Å². The first-order valence-electron chi connectivity index (χ1n) is 8.68. The summed E-state index contributed by atoms with van der Waals surface area (Å²) in [5, 5.41) is 3.15. The van der Waals surface area contributed by atoms with Gasteiger partial charge in [-0.15, -0.1) is 0 Å². The number of amides is 2. The molecular weight excluding hydrogens is 408 g/mol. The summed E-state index contributed by atoms with van der Waals surface area (Å²) < 4.78 is 6.30. The molecule has 0 unspecified atom stereocenters. The first-order valence-corrected chi connectivity index (χ1v) is 9.48. The van der Waals surface area contributed by atoms with Gasteiger partial charge in [-0.3, -0.25) is 14.5 Å². The van der Waals surface area contributed by atoms with Crippen LogP contribution in [0.2, 0.25) is 0 Å². The van der Waals surface area contributed by atoms with Crippen LogP contribution in [0.3, 0.4) is 0 Å². The van der Waals surface area contributed by atoms with Crippen molar-refractivity contribution in [1.29, 1.82) is 0 Å². The minimum absolute atomic E-state index is 0.169. The van der Waals surface area contributed by atoms with Crippen molar-refractivity contribution < 1.29 is 14.3 Å². The highest BCUT2D eigenvalue weighted by Gasteiger charge is 2.40. The summed E-state index contributed by atoms with van der Waals surface area (Å²) in [6.07, 6.45) is 0. The molecule has 0 saturated carbocycles. The molecule has 0 spiro atoms. The van der Waals surface area contributed by atoms with Crippen molar-refractivity contribution in [2.75, 3.05) is 19.0 Å². The van der Waals surface area contributed by atoms with Crippen molar-refractivity contribution in [3.05, 3.63) is 64.3 Å². The highest BCUT2D eigenvalue weighted by atomic mass is 79.9. The molecule has 1 N–H and O–H groups in total. The van der Waals surface area contributed by atoms with E-state index in [4.69, 9.17) is 4.74 Å². The molecule has 0 aliphatic carbocycles. The van der Waals surface area contributed by atoms with Gasteiger partial charge in [-0.2, -0.15) is 0 Å². The molecule has 3 rings (SSSR count). The number of imide groups is 1. The van der Waals surface area contributed by atoms with Gasteiger partial charge in [0.2, 0.25) is 0 Å². The predicted molar refractivity (Wildman–Crippen MR) is 109 cm³/mol. The number of carbonyl (C=O) groups excluding carboxylic acids is 2. The van der Waals surface area contributed by atoms with Gasteiger partial charge in [-0.05, 0) is 30.2 Å². The maximum Gasteiger partial charge on any atom is 0.278 e. The van der Waals surface area contributed by atoms with Crippen LogP contribution in [0.15, 0.2) is 58.7 Å². The second-order valence-electron chi connectivity index (χ2n) is 6.70. The molecule has 0 saturated heterocycles. The van der Waals surface area contributed by atoms with E-state index in [-0.39, 0.29) is 23.4 Å². The summed E-state index contributed by atoms with van der Waals surface area (Å²) in [5.41, 5.74) is 1.92. The molecule has 2 amide bonds. The Hall–Kier alpha value is -2.60. The number of ether oxygens (including phenoxy) is 1. The molecule has 0 atom stereocenters. The van der Waals surface area contributed by atoms with Gasteiger partial charge in [-0.1, -0.05) is 54.0 Å². The summed E-state index contributed by atoms with van der Waals surface area (Å²) in [4.78, 5) is 27.5. The quantitative estimate of drug-likeness (QED) is 0.696. The molecule has 2 aromatic carbocycles. The van der Waals surface area contributed by atoms with E-state index in [0.717, 1.165) is 10.2 Å². The Bertz CT molecular complexity index is 921. The zero-order chi connectivity index (χ0) is 19.6. The lowest BCUT2D eigenvalue weighted by Crippen LogP contribution is -2.35. The number of nitrogens with zero attached hydrogens (tertiary/aromatic N) is 1. The number of methoxy groups -OCH3 is 1. The Morgan fingerprint density at radius 2 is 1.81 bits per heavy atom. The van der Waals surface area contributed by atoms with Crippen molar-refractivity contribution in [2.45, 2.75) is 13.8 Å². The molecule has 1 heterocycles. The van der Waals surface area contributed by atoms with Crippen molar-refractivity contribution in [3.8, 4) is 5.75 Å². The van der Waals surface area contributed by atoms with Gasteiger partial charge >= 0.3 is 0 Å². The van der Waals surface area contributed by atoms with Crippen LogP contribution in [-0.2, 0) is 9.59 Å². The first kappa shape index (κ1) is 19.2. The smallest absolute Gasteiger partial charge is 0.278 e. The number of para-hydroxylation sites is 1. The third-order valence-electron chi connectivity index (χ3n) is 4.19. The Labute approximate surface area is 167 Å². The number of nitrogens with one attached hydrogen (secondary N) is 1. The van der Waals surface area contributed by atoms with Gasteiger partial charge in [0.15, 0.2) is 0 Å². The topological polar surface area (TPSA) is 58.6 Å². The van der Waals surface area contributed by atoms with Crippen molar-refractivity contribution in [1.82, 2.24) is 4.90 Å². The molecule has 140 valence electrons. The van der Waals surface area contributed by atoms with Crippen molar-refractivity contribution >= 4 is 39.0 Å². The monoisotopic (exact) mass is 428 g/mol. The molecule has 2 aromatic rings. The van der Waals surface area contributed by atoms with E-state index in [9.17, 15) is 9.59 Å². The first-order chi connectivity index (χ1) is 12.9. The largest absolute Gasteiger partial charge is 0.496 e. The maximum atomic E-state index is 13.1. The second-order valence-corrected chi connectivity index (χ2v) is 7.62. The van der Waals surface area contributed by atoms with E-state index >= 15 is 0 Å². The average Bonchev–Trinajstić information content (AvgIpc) is 2.86. The molecule has 0 fully saturated rings. The van der Waals surface area contributed by atoms with E-state index in [2.05, 4.69) is 21.2 Å². The lowest BCUT2D eigenvalue weighted by Gasteiger charge is -2.17. The Kier molecular flexibility index (Phi) is 5.65. The van der Waals surface area contributed by atoms with Gasteiger partial charge in [0.05, 0.1) is 12.7 Å². The molecule has 27 heavy (non-hydrogen) atoms. The minimum Gasteiger partial charge on any atom is -0.496 e. The summed E-state index contributed by atoms with van der Waals surface area (Å²) >= 11 is 3.43. The zero-order valence-electron chi connectivity index (χ0n) is 15.5. The molecule has 6 heteroatoms. The fourth-order valence-corrected chi connectivity index (χ4v) is 3.43. The molecule has 0 bridgehead atoms. The molecule has 1 aliphatic heterocycles. The van der Waals surface area contributed by atoms with E-state index in [0.29, 0.717) is 23.4 Å². The zero-order valence-corrected chi connectivity index (χ0v) is 17.0. The fraction of sp³-hybridized carbons (Fsp3) is 0.238. The highest BCUT2D eigenvalue weighted by Crippen LogP contribution is 2.35. The van der Waals surface area contributed by atoms with Gasteiger partial charge in [-0.25, -0.2) is 0 Å². The van der Waals surface area contributed by atoms with Gasteiger partial charge in [0.25, 0.3) is 11.8 Å². The maximum absolute atomic E-state index is 13.1. The predicted octanol–water partition coefficient (Wildman–Crippen LogP) is 4.31. The number of anilines is 1. The van der Waals surface area contributed by atoms with Crippen LogP contribution in [-0.4, -0.2) is 30.4 Å². The summed E-state index contributed by atoms with van der Waals surface area (Å²) in [6.45, 7) is 4.31. The van der Waals surface area contributed by atoms with Crippen LogP contribution in [0.25, 0.3) is 5.57 Å². The van der Waals surface area contributed by atoms with Crippen LogP contribution in [0.1, 0.15) is 19.4 Å². The number of rotatable bonds is 6. The van der Waals surface area contributed by atoms with E-state index in [1.165, 1.54) is 4.90 Å². The summed E-state index contributed by atoms with van der Waals surface area (Å²) in [7, 11) is 1.55. The summed E-state index contributed by atoms with van der Waals surface area (Å²) in [5.74, 6) is 0.0842. The van der Waals surface area contributed by atoms with Crippen LogP contribution >= 0.6 is 15.9 Å². The van der Waals surface area contributed by atoms with Crippen LogP contribution in [0, 0.1) is 5.92 Å². The number of benzene rings is 2. The van der Waals surface area contributed by atoms with Crippen LogP contribution in [0.4, 0.5) is 5.69 Å². The Balaban J connectivity index is 2.12. The lowest BCUT2D eigenvalue weighted by atomic mass is 10.0. The van der Waals surface area contributed by atoms with Gasteiger partial charge < -0.3 is 10.1 Å². The lowest BCUT2D eigenvalue weighted by molar-refractivity contribution is -0.137. The van der Waals surface area contributed by atoms with Crippen molar-refractivity contribution in [2.24, 2.45) is 5.92 Å². The Morgan fingerprint density at radius 1 is 1.07 bits per heavy atom. The standard InChI is InChI=1S/C21H21BrN2O3/c1-13(2)12-24-20(25)18(16-9-4-5-10-17(16)27-3)19(21(24)26)23-15-8-6-7-14(22)11-15/h4-11,13,23H,12H2,1-3H3. The van der Waals surface area contributed by atoms with Gasteiger partial charge in [0, 0.05) is 22.3 Å². The highest BCUT2D eigenvalue weighted by molar-refractivity contribution is 9.10. The molecule has 0 aromatic heterocycles. The molecular formula is C21H21BrN2O3. The fourth-order valence-electron chi connectivity index (χ4n) is 3.03. The molecule has 0 radical (unpaired) electrons. The van der Waals surface area contributed by atoms with E-state index in [1.807, 2.05) is 50.2 Å².